The molecule has 100 valence electrons. The molecule has 0 bridgehead atoms. The average Bonchev–Trinajstić information content (AvgIpc) is 2.39. The molecular weight excluding hydrogens is 255 g/mol. The molecular formula is C14H12F3NO. The van der Waals surface area contributed by atoms with Crippen molar-refractivity contribution in [3.63, 3.8) is 0 Å². The number of hydrogen-bond acceptors (Lipinski definition) is 2. The number of hydrogen-bond donors (Lipinski definition) is 1. The van der Waals surface area contributed by atoms with Gasteiger partial charge in [-0.25, -0.2) is 4.39 Å². The summed E-state index contributed by atoms with van der Waals surface area (Å²) in [6, 6.07) is 13.1. The third-order valence-corrected chi connectivity index (χ3v) is 2.50. The SMILES string of the molecule is Nc1cccc(-c2ccc(OC(F)(F)CF)cc2)c1. The van der Waals surface area contributed by atoms with Crippen LogP contribution < -0.4 is 10.5 Å². The minimum atomic E-state index is -3.79. The molecule has 0 radical (unpaired) electrons. The second-order valence-electron chi connectivity index (χ2n) is 4.02. The normalized spacial score (nSPS) is 11.3. The van der Waals surface area contributed by atoms with Crippen LogP contribution >= 0.6 is 0 Å². The number of nitrogens with two attached hydrogens (primary N) is 1. The summed E-state index contributed by atoms with van der Waals surface area (Å²) >= 11 is 0. The minimum absolute atomic E-state index is 0.0877. The van der Waals surface area contributed by atoms with Crippen LogP contribution in [0.2, 0.25) is 0 Å². The molecule has 2 aromatic rings. The Balaban J connectivity index is 2.19. The van der Waals surface area contributed by atoms with Gasteiger partial charge in [0.15, 0.2) is 6.67 Å². The van der Waals surface area contributed by atoms with Crippen LogP contribution in [0.5, 0.6) is 5.75 Å². The maximum absolute atomic E-state index is 12.7. The lowest BCUT2D eigenvalue weighted by molar-refractivity contribution is -0.186. The van der Waals surface area contributed by atoms with E-state index >= 15 is 0 Å². The molecule has 0 heterocycles. The van der Waals surface area contributed by atoms with Crippen molar-refractivity contribution < 1.29 is 17.9 Å². The molecule has 5 heteroatoms. The lowest BCUT2D eigenvalue weighted by atomic mass is 10.1. The van der Waals surface area contributed by atoms with Crippen molar-refractivity contribution >= 4 is 5.69 Å². The molecule has 0 unspecified atom stereocenters. The van der Waals surface area contributed by atoms with E-state index in [9.17, 15) is 13.2 Å². The van der Waals surface area contributed by atoms with Crippen LogP contribution in [-0.4, -0.2) is 12.8 Å². The largest absolute Gasteiger partial charge is 0.431 e. The number of benzene rings is 2. The van der Waals surface area contributed by atoms with Crippen molar-refractivity contribution in [1.82, 2.24) is 0 Å². The smallest absolute Gasteiger partial charge is 0.427 e. The van der Waals surface area contributed by atoms with E-state index in [1.807, 2.05) is 6.07 Å². The molecule has 0 atom stereocenters. The van der Waals surface area contributed by atoms with Crippen molar-refractivity contribution in [2.45, 2.75) is 6.11 Å². The highest BCUT2D eigenvalue weighted by atomic mass is 19.3. The lowest BCUT2D eigenvalue weighted by Crippen LogP contribution is -2.26. The number of anilines is 1. The zero-order valence-corrected chi connectivity index (χ0v) is 9.95. The molecule has 0 aromatic heterocycles. The summed E-state index contributed by atoms with van der Waals surface area (Å²) in [6.45, 7) is -1.86. The van der Waals surface area contributed by atoms with E-state index in [2.05, 4.69) is 4.74 Å². The van der Waals surface area contributed by atoms with E-state index in [0.717, 1.165) is 11.1 Å². The Labute approximate surface area is 108 Å². The quantitative estimate of drug-likeness (QED) is 0.853. The van der Waals surface area contributed by atoms with Crippen LogP contribution in [0.1, 0.15) is 0 Å². The van der Waals surface area contributed by atoms with Crippen LogP contribution in [0.25, 0.3) is 11.1 Å². The number of ether oxygens (including phenoxy) is 1. The number of nitrogen functional groups attached to an aromatic ring is 1. The first-order valence-corrected chi connectivity index (χ1v) is 5.59. The summed E-state index contributed by atoms with van der Waals surface area (Å²) in [5.41, 5.74) is 7.95. The Morgan fingerprint density at radius 2 is 1.68 bits per heavy atom. The van der Waals surface area contributed by atoms with E-state index in [0.29, 0.717) is 5.69 Å². The van der Waals surface area contributed by atoms with Crippen LogP contribution in [0.15, 0.2) is 48.5 Å². The van der Waals surface area contributed by atoms with Crippen LogP contribution in [0.4, 0.5) is 18.9 Å². The molecule has 19 heavy (non-hydrogen) atoms. The molecule has 2 nitrogen and oxygen atoms in total. The van der Waals surface area contributed by atoms with Gasteiger partial charge in [0.05, 0.1) is 0 Å². The highest BCUT2D eigenvalue weighted by molar-refractivity contribution is 5.67. The third-order valence-electron chi connectivity index (χ3n) is 2.50. The molecule has 0 aliphatic carbocycles. The molecule has 0 spiro atoms. The second kappa shape index (κ2) is 5.22. The molecule has 0 fully saturated rings. The van der Waals surface area contributed by atoms with Gasteiger partial charge < -0.3 is 10.5 Å². The van der Waals surface area contributed by atoms with Crippen LogP contribution in [0, 0.1) is 0 Å². The van der Waals surface area contributed by atoms with Gasteiger partial charge in [0, 0.05) is 5.69 Å². The number of alkyl halides is 3. The van der Waals surface area contributed by atoms with E-state index in [4.69, 9.17) is 5.73 Å². The fourth-order valence-electron chi connectivity index (χ4n) is 1.63. The first-order chi connectivity index (χ1) is 9.00. The van der Waals surface area contributed by atoms with Gasteiger partial charge in [-0.1, -0.05) is 24.3 Å². The van der Waals surface area contributed by atoms with Gasteiger partial charge >= 0.3 is 6.11 Å². The van der Waals surface area contributed by atoms with Gasteiger partial charge in [0.25, 0.3) is 0 Å². The topological polar surface area (TPSA) is 35.2 Å². The molecule has 0 saturated carbocycles. The standard InChI is InChI=1S/C14H12F3NO/c15-9-14(16,17)19-13-6-4-10(5-7-13)11-2-1-3-12(18)8-11/h1-8H,9,18H2. The Morgan fingerprint density at radius 1 is 1.00 bits per heavy atom. The van der Waals surface area contributed by atoms with E-state index < -0.39 is 12.8 Å². The zero-order valence-electron chi connectivity index (χ0n) is 9.95. The highest BCUT2D eigenvalue weighted by Gasteiger charge is 2.31. The Bertz CT molecular complexity index is 555. The number of rotatable bonds is 4. The van der Waals surface area contributed by atoms with E-state index in [1.165, 1.54) is 12.1 Å². The molecule has 2 N–H and O–H groups in total. The fourth-order valence-corrected chi connectivity index (χ4v) is 1.63. The first-order valence-electron chi connectivity index (χ1n) is 5.59. The first kappa shape index (κ1) is 13.3. The highest BCUT2D eigenvalue weighted by Crippen LogP contribution is 2.26. The lowest BCUT2D eigenvalue weighted by Gasteiger charge is -2.14. The fraction of sp³-hybridized carbons (Fsp3) is 0.143. The zero-order chi connectivity index (χ0) is 13.9. The Morgan fingerprint density at radius 3 is 2.26 bits per heavy atom. The Hall–Kier alpha value is -2.17. The second-order valence-corrected chi connectivity index (χ2v) is 4.02. The summed E-state index contributed by atoms with van der Waals surface area (Å²) < 4.78 is 41.6. The predicted molar refractivity (Wildman–Crippen MR) is 67.8 cm³/mol. The van der Waals surface area contributed by atoms with Crippen molar-refractivity contribution in [3.8, 4) is 16.9 Å². The molecule has 0 saturated heterocycles. The van der Waals surface area contributed by atoms with Crippen LogP contribution in [0.3, 0.4) is 0 Å². The van der Waals surface area contributed by atoms with Gasteiger partial charge in [0.2, 0.25) is 0 Å². The minimum Gasteiger partial charge on any atom is -0.431 e. The van der Waals surface area contributed by atoms with E-state index in [-0.39, 0.29) is 5.75 Å². The summed E-state index contributed by atoms with van der Waals surface area (Å²) in [5, 5.41) is 0. The van der Waals surface area contributed by atoms with Gasteiger partial charge in [0.1, 0.15) is 5.75 Å². The van der Waals surface area contributed by atoms with E-state index in [1.54, 1.807) is 30.3 Å². The van der Waals surface area contributed by atoms with Crippen LogP contribution in [-0.2, 0) is 0 Å². The molecule has 2 rings (SSSR count). The van der Waals surface area contributed by atoms with Crippen molar-refractivity contribution in [3.05, 3.63) is 48.5 Å². The predicted octanol–water partition coefficient (Wildman–Crippen LogP) is 3.88. The monoisotopic (exact) mass is 267 g/mol. The summed E-state index contributed by atoms with van der Waals surface area (Å²) in [5.74, 6) is -0.0877. The maximum atomic E-state index is 12.7. The third kappa shape index (κ3) is 3.40. The summed E-state index contributed by atoms with van der Waals surface area (Å²) in [7, 11) is 0. The summed E-state index contributed by atoms with van der Waals surface area (Å²) in [6.07, 6.45) is -3.79. The maximum Gasteiger partial charge on any atom is 0.427 e. The van der Waals surface area contributed by atoms with Crippen molar-refractivity contribution in [2.75, 3.05) is 12.4 Å². The molecule has 2 aromatic carbocycles. The number of halogens is 3. The van der Waals surface area contributed by atoms with Crippen molar-refractivity contribution in [2.24, 2.45) is 0 Å². The molecule has 0 aliphatic rings. The van der Waals surface area contributed by atoms with Gasteiger partial charge in [-0.15, -0.1) is 0 Å². The molecule has 0 amide bonds. The Kier molecular flexibility index (Phi) is 3.64. The summed E-state index contributed by atoms with van der Waals surface area (Å²) in [4.78, 5) is 0. The average molecular weight is 267 g/mol. The molecule has 0 aliphatic heterocycles. The van der Waals surface area contributed by atoms with Crippen molar-refractivity contribution in [1.29, 1.82) is 0 Å². The van der Waals surface area contributed by atoms with Gasteiger partial charge in [-0.2, -0.15) is 8.78 Å². The van der Waals surface area contributed by atoms with Gasteiger partial charge in [-0.3, -0.25) is 0 Å². The van der Waals surface area contributed by atoms with Gasteiger partial charge in [-0.05, 0) is 35.4 Å².